The minimum atomic E-state index is -1.10. The first-order chi connectivity index (χ1) is 9.02. The van der Waals surface area contributed by atoms with Crippen LogP contribution in [0.2, 0.25) is 5.02 Å². The molecule has 0 aliphatic heterocycles. The molecule has 19 heavy (non-hydrogen) atoms. The van der Waals surface area contributed by atoms with Gasteiger partial charge in [0, 0.05) is 5.56 Å². The SMILES string of the molecule is COc1cc(C)c(-c2cc(C(=O)O)ncn2)cc1Cl. The number of methoxy groups -OCH3 is 1. The van der Waals surface area contributed by atoms with Crippen LogP contribution in [0.3, 0.4) is 0 Å². The van der Waals surface area contributed by atoms with Crippen molar-refractivity contribution in [1.29, 1.82) is 0 Å². The minimum Gasteiger partial charge on any atom is -0.495 e. The van der Waals surface area contributed by atoms with Crippen molar-refractivity contribution >= 4 is 17.6 Å². The summed E-state index contributed by atoms with van der Waals surface area (Å²) in [7, 11) is 1.54. The number of rotatable bonds is 3. The molecule has 0 unspecified atom stereocenters. The maximum Gasteiger partial charge on any atom is 0.354 e. The second-order valence-corrected chi connectivity index (χ2v) is 4.30. The van der Waals surface area contributed by atoms with Crippen molar-refractivity contribution in [3.8, 4) is 17.0 Å². The lowest BCUT2D eigenvalue weighted by molar-refractivity contribution is 0.0690. The molecule has 0 aliphatic carbocycles. The zero-order chi connectivity index (χ0) is 14.0. The van der Waals surface area contributed by atoms with Gasteiger partial charge in [0.1, 0.15) is 12.1 Å². The van der Waals surface area contributed by atoms with Crippen LogP contribution in [0.4, 0.5) is 0 Å². The van der Waals surface area contributed by atoms with Crippen molar-refractivity contribution in [2.75, 3.05) is 7.11 Å². The smallest absolute Gasteiger partial charge is 0.354 e. The number of hydrogen-bond acceptors (Lipinski definition) is 4. The van der Waals surface area contributed by atoms with E-state index in [0.717, 1.165) is 11.1 Å². The Morgan fingerprint density at radius 2 is 2.05 bits per heavy atom. The number of ether oxygens (including phenoxy) is 1. The summed E-state index contributed by atoms with van der Waals surface area (Å²) in [5.74, 6) is -0.531. The summed E-state index contributed by atoms with van der Waals surface area (Å²) in [4.78, 5) is 18.7. The molecular formula is C13H11ClN2O3. The zero-order valence-electron chi connectivity index (χ0n) is 10.3. The molecular weight excluding hydrogens is 268 g/mol. The Labute approximate surface area is 114 Å². The molecule has 6 heteroatoms. The normalized spacial score (nSPS) is 10.3. The molecule has 0 bridgehead atoms. The molecule has 1 aromatic carbocycles. The van der Waals surface area contributed by atoms with Gasteiger partial charge in [-0.25, -0.2) is 14.8 Å². The van der Waals surface area contributed by atoms with Gasteiger partial charge in [0.2, 0.25) is 0 Å². The number of nitrogens with zero attached hydrogens (tertiary/aromatic N) is 2. The van der Waals surface area contributed by atoms with Gasteiger partial charge in [0.25, 0.3) is 0 Å². The first kappa shape index (κ1) is 13.3. The van der Waals surface area contributed by atoms with E-state index in [1.165, 1.54) is 19.5 Å². The van der Waals surface area contributed by atoms with Gasteiger partial charge in [-0.2, -0.15) is 0 Å². The zero-order valence-corrected chi connectivity index (χ0v) is 11.1. The average Bonchev–Trinajstić information content (AvgIpc) is 2.41. The van der Waals surface area contributed by atoms with E-state index in [1.807, 2.05) is 6.92 Å². The first-order valence-corrected chi connectivity index (χ1v) is 5.80. The molecule has 1 heterocycles. The van der Waals surface area contributed by atoms with Crippen molar-refractivity contribution < 1.29 is 14.6 Å². The van der Waals surface area contributed by atoms with Crippen molar-refractivity contribution in [2.45, 2.75) is 6.92 Å². The minimum absolute atomic E-state index is 0.0589. The van der Waals surface area contributed by atoms with Crippen molar-refractivity contribution in [3.63, 3.8) is 0 Å². The summed E-state index contributed by atoms with van der Waals surface area (Å²) >= 11 is 6.07. The molecule has 2 aromatic rings. The number of benzene rings is 1. The number of aryl methyl sites for hydroxylation is 1. The van der Waals surface area contributed by atoms with E-state index < -0.39 is 5.97 Å². The summed E-state index contributed by atoms with van der Waals surface area (Å²) in [5, 5.41) is 9.37. The molecule has 98 valence electrons. The average molecular weight is 279 g/mol. The Morgan fingerprint density at radius 1 is 1.32 bits per heavy atom. The highest BCUT2D eigenvalue weighted by Crippen LogP contribution is 2.32. The lowest BCUT2D eigenvalue weighted by Crippen LogP contribution is -2.01. The van der Waals surface area contributed by atoms with E-state index in [4.69, 9.17) is 21.4 Å². The summed E-state index contributed by atoms with van der Waals surface area (Å²) in [6.07, 6.45) is 1.22. The van der Waals surface area contributed by atoms with Crippen LogP contribution in [0.1, 0.15) is 16.1 Å². The molecule has 0 fully saturated rings. The van der Waals surface area contributed by atoms with E-state index in [1.54, 1.807) is 12.1 Å². The van der Waals surface area contributed by atoms with Gasteiger partial charge < -0.3 is 9.84 Å². The van der Waals surface area contributed by atoms with Gasteiger partial charge >= 0.3 is 5.97 Å². The van der Waals surface area contributed by atoms with Crippen molar-refractivity contribution in [3.05, 3.63) is 40.8 Å². The van der Waals surface area contributed by atoms with E-state index >= 15 is 0 Å². The summed E-state index contributed by atoms with van der Waals surface area (Å²) in [6, 6.07) is 4.89. The molecule has 1 aromatic heterocycles. The van der Waals surface area contributed by atoms with Gasteiger partial charge in [0.15, 0.2) is 5.69 Å². The van der Waals surface area contributed by atoms with Crippen LogP contribution < -0.4 is 4.74 Å². The Hall–Kier alpha value is -2.14. The predicted octanol–water partition coefficient (Wildman–Crippen LogP) is 2.81. The maximum absolute atomic E-state index is 10.9. The van der Waals surface area contributed by atoms with Crippen molar-refractivity contribution in [1.82, 2.24) is 9.97 Å². The first-order valence-electron chi connectivity index (χ1n) is 5.42. The topological polar surface area (TPSA) is 72.3 Å². The summed E-state index contributed by atoms with van der Waals surface area (Å²) < 4.78 is 5.12. The quantitative estimate of drug-likeness (QED) is 0.934. The summed E-state index contributed by atoms with van der Waals surface area (Å²) in [6.45, 7) is 1.87. The Morgan fingerprint density at radius 3 is 2.68 bits per heavy atom. The molecule has 0 aliphatic rings. The number of carboxylic acid groups (broad SMARTS) is 1. The fraction of sp³-hybridized carbons (Fsp3) is 0.154. The lowest BCUT2D eigenvalue weighted by Gasteiger charge is -2.10. The predicted molar refractivity (Wildman–Crippen MR) is 70.7 cm³/mol. The number of hydrogen-bond donors (Lipinski definition) is 1. The molecule has 0 amide bonds. The van der Waals surface area contributed by atoms with Crippen LogP contribution in [0, 0.1) is 6.92 Å². The van der Waals surface area contributed by atoms with E-state index in [0.29, 0.717) is 16.5 Å². The van der Waals surface area contributed by atoms with Gasteiger partial charge in [-0.1, -0.05) is 11.6 Å². The van der Waals surface area contributed by atoms with Crippen LogP contribution in [0.5, 0.6) is 5.75 Å². The molecule has 2 rings (SSSR count). The number of carbonyl (C=O) groups is 1. The van der Waals surface area contributed by atoms with Gasteiger partial charge in [0.05, 0.1) is 17.8 Å². The van der Waals surface area contributed by atoms with Crippen molar-refractivity contribution in [2.24, 2.45) is 0 Å². The number of carboxylic acids is 1. The molecule has 0 saturated heterocycles. The molecule has 0 atom stereocenters. The van der Waals surface area contributed by atoms with Crippen LogP contribution >= 0.6 is 11.6 Å². The molecule has 0 spiro atoms. The second kappa shape index (κ2) is 5.24. The molecule has 1 N–H and O–H groups in total. The summed E-state index contributed by atoms with van der Waals surface area (Å²) in [5.41, 5.74) is 2.08. The number of aromatic nitrogens is 2. The highest BCUT2D eigenvalue weighted by molar-refractivity contribution is 6.32. The highest BCUT2D eigenvalue weighted by atomic mass is 35.5. The maximum atomic E-state index is 10.9. The van der Waals surface area contributed by atoms with Gasteiger partial charge in [-0.3, -0.25) is 0 Å². The molecule has 0 radical (unpaired) electrons. The Balaban J connectivity index is 2.56. The molecule has 5 nitrogen and oxygen atoms in total. The van der Waals surface area contributed by atoms with Crippen LogP contribution in [0.15, 0.2) is 24.5 Å². The van der Waals surface area contributed by atoms with Crippen LogP contribution in [0.25, 0.3) is 11.3 Å². The third-order valence-corrected chi connectivity index (χ3v) is 2.96. The van der Waals surface area contributed by atoms with Crippen LogP contribution in [-0.4, -0.2) is 28.2 Å². The van der Waals surface area contributed by atoms with E-state index in [-0.39, 0.29) is 5.69 Å². The number of halogens is 1. The van der Waals surface area contributed by atoms with E-state index in [9.17, 15) is 4.79 Å². The monoisotopic (exact) mass is 278 g/mol. The largest absolute Gasteiger partial charge is 0.495 e. The van der Waals surface area contributed by atoms with E-state index in [2.05, 4.69) is 9.97 Å². The second-order valence-electron chi connectivity index (χ2n) is 3.90. The van der Waals surface area contributed by atoms with Gasteiger partial charge in [-0.15, -0.1) is 0 Å². The highest BCUT2D eigenvalue weighted by Gasteiger charge is 2.12. The Kier molecular flexibility index (Phi) is 3.66. The standard InChI is InChI=1S/C13H11ClN2O3/c1-7-3-12(19-2)9(14)4-8(7)10-5-11(13(17)18)16-6-15-10/h3-6H,1-2H3,(H,17,18). The molecule has 0 saturated carbocycles. The lowest BCUT2D eigenvalue weighted by atomic mass is 10.0. The third kappa shape index (κ3) is 2.66. The third-order valence-electron chi connectivity index (χ3n) is 2.66. The number of aromatic carboxylic acids is 1. The van der Waals surface area contributed by atoms with Crippen LogP contribution in [-0.2, 0) is 0 Å². The fourth-order valence-corrected chi connectivity index (χ4v) is 1.95. The van der Waals surface area contributed by atoms with Gasteiger partial charge in [-0.05, 0) is 30.7 Å². The fourth-order valence-electron chi connectivity index (χ4n) is 1.71. The Bertz CT molecular complexity index is 644.